The fourth-order valence-corrected chi connectivity index (χ4v) is 2.81. The monoisotopic (exact) mass is 250 g/mol. The Hall–Kier alpha value is -1.29. The van der Waals surface area contributed by atoms with Gasteiger partial charge in [-0.2, -0.15) is 0 Å². The first-order valence-corrected chi connectivity index (χ1v) is 6.58. The molecule has 2 N–H and O–H groups in total. The van der Waals surface area contributed by atoms with Crippen molar-refractivity contribution in [1.29, 1.82) is 0 Å². The van der Waals surface area contributed by atoms with Crippen molar-refractivity contribution in [2.75, 3.05) is 13.6 Å². The Morgan fingerprint density at radius 2 is 2.22 bits per heavy atom. The standard InChI is InChI=1S/C14H22N2O2/c1-9-7-10(2)15-13(9)14(18)16(3)8-11-5-4-6-12(11)17/h7,11-12,15,17H,4-6,8H2,1-3H3. The summed E-state index contributed by atoms with van der Waals surface area (Å²) in [5, 5.41) is 9.80. The number of aromatic nitrogens is 1. The average Bonchev–Trinajstić information content (AvgIpc) is 2.85. The topological polar surface area (TPSA) is 56.3 Å². The van der Waals surface area contributed by atoms with Crippen molar-refractivity contribution >= 4 is 5.91 Å². The second kappa shape index (κ2) is 5.14. The van der Waals surface area contributed by atoms with E-state index in [1.807, 2.05) is 27.0 Å². The van der Waals surface area contributed by atoms with Gasteiger partial charge in [-0.15, -0.1) is 0 Å². The molecule has 2 atom stereocenters. The lowest BCUT2D eigenvalue weighted by molar-refractivity contribution is 0.0688. The van der Waals surface area contributed by atoms with Crippen LogP contribution >= 0.6 is 0 Å². The van der Waals surface area contributed by atoms with Crippen LogP contribution in [0.25, 0.3) is 0 Å². The largest absolute Gasteiger partial charge is 0.393 e. The first-order chi connectivity index (χ1) is 8.49. The van der Waals surface area contributed by atoms with E-state index in [0.29, 0.717) is 12.2 Å². The minimum Gasteiger partial charge on any atom is -0.393 e. The molecule has 1 amide bonds. The molecule has 0 radical (unpaired) electrons. The summed E-state index contributed by atoms with van der Waals surface area (Å²) in [6, 6.07) is 1.98. The van der Waals surface area contributed by atoms with Crippen LogP contribution in [0.15, 0.2) is 6.07 Å². The SMILES string of the molecule is Cc1cc(C)c(C(=O)N(C)CC2CCCC2O)[nH]1. The Bertz CT molecular complexity index is 439. The van der Waals surface area contributed by atoms with Crippen LogP contribution < -0.4 is 0 Å². The summed E-state index contributed by atoms with van der Waals surface area (Å²) >= 11 is 0. The van der Waals surface area contributed by atoms with Crippen molar-refractivity contribution in [3.63, 3.8) is 0 Å². The maximum Gasteiger partial charge on any atom is 0.270 e. The van der Waals surface area contributed by atoms with Crippen LogP contribution in [0.2, 0.25) is 0 Å². The summed E-state index contributed by atoms with van der Waals surface area (Å²) in [5.74, 6) is 0.245. The van der Waals surface area contributed by atoms with Crippen molar-refractivity contribution in [3.8, 4) is 0 Å². The number of nitrogens with zero attached hydrogens (tertiary/aromatic N) is 1. The van der Waals surface area contributed by atoms with Crippen molar-refractivity contribution in [2.24, 2.45) is 5.92 Å². The first-order valence-electron chi connectivity index (χ1n) is 6.58. The Morgan fingerprint density at radius 1 is 1.50 bits per heavy atom. The minimum absolute atomic E-state index is 0.0136. The van der Waals surface area contributed by atoms with E-state index in [1.54, 1.807) is 4.90 Å². The predicted molar refractivity (Wildman–Crippen MR) is 70.6 cm³/mol. The van der Waals surface area contributed by atoms with Gasteiger partial charge in [-0.3, -0.25) is 4.79 Å². The summed E-state index contributed by atoms with van der Waals surface area (Å²) < 4.78 is 0. The molecule has 1 fully saturated rings. The number of aryl methyl sites for hydroxylation is 2. The normalized spacial score (nSPS) is 23.3. The van der Waals surface area contributed by atoms with Gasteiger partial charge in [0.1, 0.15) is 5.69 Å². The van der Waals surface area contributed by atoms with Gasteiger partial charge in [0, 0.05) is 25.2 Å². The third-order valence-electron chi connectivity index (χ3n) is 3.84. The number of H-pyrrole nitrogens is 1. The molecule has 0 saturated heterocycles. The first kappa shape index (κ1) is 13.1. The van der Waals surface area contributed by atoms with Gasteiger partial charge in [0.15, 0.2) is 0 Å². The summed E-state index contributed by atoms with van der Waals surface area (Å²) in [4.78, 5) is 17.1. The molecule has 100 valence electrons. The average molecular weight is 250 g/mol. The molecule has 0 spiro atoms. The molecular weight excluding hydrogens is 228 g/mol. The second-order valence-corrected chi connectivity index (χ2v) is 5.45. The molecule has 1 heterocycles. The highest BCUT2D eigenvalue weighted by Crippen LogP contribution is 2.26. The summed E-state index contributed by atoms with van der Waals surface area (Å²) in [7, 11) is 1.81. The Labute approximate surface area is 108 Å². The third kappa shape index (κ3) is 2.58. The fraction of sp³-hybridized carbons (Fsp3) is 0.643. The van der Waals surface area contributed by atoms with Gasteiger partial charge in [0.05, 0.1) is 6.10 Å². The molecule has 0 aromatic carbocycles. The Balaban J connectivity index is 2.02. The van der Waals surface area contributed by atoms with Gasteiger partial charge in [0.2, 0.25) is 0 Å². The highest BCUT2D eigenvalue weighted by molar-refractivity contribution is 5.93. The summed E-state index contributed by atoms with van der Waals surface area (Å²) in [6.07, 6.45) is 2.70. The van der Waals surface area contributed by atoms with Gasteiger partial charge in [-0.1, -0.05) is 6.42 Å². The molecule has 4 heteroatoms. The van der Waals surface area contributed by atoms with Gasteiger partial charge < -0.3 is 15.0 Å². The maximum atomic E-state index is 12.3. The molecule has 2 unspecified atom stereocenters. The van der Waals surface area contributed by atoms with Crippen LogP contribution in [0, 0.1) is 19.8 Å². The lowest BCUT2D eigenvalue weighted by Gasteiger charge is -2.23. The van der Waals surface area contributed by atoms with Crippen LogP contribution in [0.4, 0.5) is 0 Å². The van der Waals surface area contributed by atoms with Gasteiger partial charge in [-0.25, -0.2) is 0 Å². The van der Waals surface area contributed by atoms with Crippen molar-refractivity contribution in [1.82, 2.24) is 9.88 Å². The number of carbonyl (C=O) groups is 1. The number of amides is 1. The second-order valence-electron chi connectivity index (χ2n) is 5.45. The molecule has 1 aromatic rings. The lowest BCUT2D eigenvalue weighted by atomic mass is 10.1. The lowest BCUT2D eigenvalue weighted by Crippen LogP contribution is -2.35. The van der Waals surface area contributed by atoms with Gasteiger partial charge >= 0.3 is 0 Å². The molecular formula is C14H22N2O2. The summed E-state index contributed by atoms with van der Waals surface area (Å²) in [5.41, 5.74) is 2.66. The molecule has 2 rings (SSSR count). The number of carbonyl (C=O) groups excluding carboxylic acids is 1. The van der Waals surface area contributed by atoms with E-state index < -0.39 is 0 Å². The minimum atomic E-state index is -0.244. The third-order valence-corrected chi connectivity index (χ3v) is 3.84. The van der Waals surface area contributed by atoms with E-state index in [4.69, 9.17) is 0 Å². The number of aliphatic hydroxyl groups is 1. The number of aliphatic hydroxyl groups excluding tert-OH is 1. The quantitative estimate of drug-likeness (QED) is 0.860. The fourth-order valence-electron chi connectivity index (χ4n) is 2.81. The number of aromatic amines is 1. The molecule has 1 aromatic heterocycles. The Morgan fingerprint density at radius 3 is 2.72 bits per heavy atom. The van der Waals surface area contributed by atoms with Crippen LogP contribution in [0.5, 0.6) is 0 Å². The molecule has 4 nitrogen and oxygen atoms in total. The van der Waals surface area contributed by atoms with Gasteiger partial charge in [-0.05, 0) is 38.3 Å². The predicted octanol–water partition coefficient (Wildman–Crippen LogP) is 1.86. The highest BCUT2D eigenvalue weighted by atomic mass is 16.3. The Kier molecular flexibility index (Phi) is 3.76. The highest BCUT2D eigenvalue weighted by Gasteiger charge is 2.28. The maximum absolute atomic E-state index is 12.3. The van der Waals surface area contributed by atoms with Crippen molar-refractivity contribution in [3.05, 3.63) is 23.0 Å². The smallest absolute Gasteiger partial charge is 0.270 e. The summed E-state index contributed by atoms with van der Waals surface area (Å²) in [6.45, 7) is 4.52. The molecule has 1 aliphatic carbocycles. The van der Waals surface area contributed by atoms with Crippen LogP contribution in [-0.2, 0) is 0 Å². The van der Waals surface area contributed by atoms with E-state index in [0.717, 1.165) is 30.5 Å². The number of hydrogen-bond acceptors (Lipinski definition) is 2. The molecule has 0 bridgehead atoms. The van der Waals surface area contributed by atoms with E-state index in [9.17, 15) is 9.90 Å². The number of hydrogen-bond donors (Lipinski definition) is 2. The molecule has 0 aliphatic heterocycles. The number of rotatable bonds is 3. The zero-order chi connectivity index (χ0) is 13.3. The zero-order valence-corrected chi connectivity index (χ0v) is 11.4. The van der Waals surface area contributed by atoms with E-state index in [2.05, 4.69) is 4.98 Å². The van der Waals surface area contributed by atoms with E-state index in [1.165, 1.54) is 0 Å². The molecule has 18 heavy (non-hydrogen) atoms. The zero-order valence-electron chi connectivity index (χ0n) is 11.4. The van der Waals surface area contributed by atoms with Crippen molar-refractivity contribution in [2.45, 2.75) is 39.2 Å². The van der Waals surface area contributed by atoms with Crippen LogP contribution in [0.3, 0.4) is 0 Å². The molecule has 1 saturated carbocycles. The van der Waals surface area contributed by atoms with E-state index in [-0.39, 0.29) is 17.9 Å². The molecule has 1 aliphatic rings. The van der Waals surface area contributed by atoms with Crippen LogP contribution in [-0.4, -0.2) is 40.6 Å². The number of nitrogens with one attached hydrogen (secondary N) is 1. The van der Waals surface area contributed by atoms with E-state index >= 15 is 0 Å². The van der Waals surface area contributed by atoms with Crippen molar-refractivity contribution < 1.29 is 9.90 Å². The van der Waals surface area contributed by atoms with Gasteiger partial charge in [0.25, 0.3) is 5.91 Å². The van der Waals surface area contributed by atoms with Crippen LogP contribution in [0.1, 0.15) is 41.0 Å².